The molecule has 0 saturated heterocycles. The summed E-state index contributed by atoms with van der Waals surface area (Å²) < 4.78 is 0. The Morgan fingerprint density at radius 1 is 1.44 bits per heavy atom. The second-order valence-electron chi connectivity index (χ2n) is 4.22. The number of benzene rings is 1. The van der Waals surface area contributed by atoms with Crippen molar-refractivity contribution < 1.29 is 4.79 Å². The van der Waals surface area contributed by atoms with Gasteiger partial charge in [0.1, 0.15) is 5.38 Å². The molecule has 0 fully saturated rings. The van der Waals surface area contributed by atoms with Crippen LogP contribution in [0.15, 0.2) is 24.3 Å². The average Bonchev–Trinajstić information content (AvgIpc) is 2.16. The maximum atomic E-state index is 11.4. The highest BCUT2D eigenvalue weighted by Crippen LogP contribution is 2.07. The summed E-state index contributed by atoms with van der Waals surface area (Å²) in [6.45, 7) is 5.73. The third-order valence-corrected chi connectivity index (χ3v) is 2.57. The van der Waals surface area contributed by atoms with Gasteiger partial charge in [-0.1, -0.05) is 29.8 Å². The van der Waals surface area contributed by atoms with Gasteiger partial charge in [0.05, 0.1) is 0 Å². The third-order valence-electron chi connectivity index (χ3n) is 2.37. The molecule has 0 aliphatic carbocycles. The van der Waals surface area contributed by atoms with Crippen molar-refractivity contribution in [2.24, 2.45) is 0 Å². The van der Waals surface area contributed by atoms with Gasteiger partial charge in [-0.2, -0.15) is 0 Å². The van der Waals surface area contributed by atoms with E-state index in [1.165, 1.54) is 11.1 Å². The standard InChI is InChI=1S/C13H18ClNO/c1-9-5-4-6-12(7-9)8-10(2)15-13(16)11(3)14/h4-7,10-11H,8H2,1-3H3,(H,15,16). The summed E-state index contributed by atoms with van der Waals surface area (Å²) in [4.78, 5) is 11.4. The Kier molecular flexibility index (Phi) is 4.81. The molecule has 2 nitrogen and oxygen atoms in total. The molecule has 1 rings (SSSR count). The molecule has 0 radical (unpaired) electrons. The molecule has 3 heteroatoms. The first-order chi connectivity index (χ1) is 7.49. The van der Waals surface area contributed by atoms with Crippen LogP contribution in [0.1, 0.15) is 25.0 Å². The molecule has 1 amide bonds. The number of rotatable bonds is 4. The molecule has 2 unspecified atom stereocenters. The van der Waals surface area contributed by atoms with E-state index in [2.05, 4.69) is 30.4 Å². The van der Waals surface area contributed by atoms with Crippen LogP contribution in [0.5, 0.6) is 0 Å². The van der Waals surface area contributed by atoms with Crippen molar-refractivity contribution >= 4 is 17.5 Å². The minimum Gasteiger partial charge on any atom is -0.352 e. The monoisotopic (exact) mass is 239 g/mol. The number of halogens is 1. The van der Waals surface area contributed by atoms with Gasteiger partial charge in [0.2, 0.25) is 5.91 Å². The van der Waals surface area contributed by atoms with Crippen LogP contribution in [0, 0.1) is 6.92 Å². The van der Waals surface area contributed by atoms with Gasteiger partial charge in [0.15, 0.2) is 0 Å². The van der Waals surface area contributed by atoms with Crippen LogP contribution in [0.2, 0.25) is 0 Å². The van der Waals surface area contributed by atoms with E-state index >= 15 is 0 Å². The van der Waals surface area contributed by atoms with E-state index in [-0.39, 0.29) is 11.9 Å². The first-order valence-electron chi connectivity index (χ1n) is 5.49. The fourth-order valence-corrected chi connectivity index (χ4v) is 1.66. The van der Waals surface area contributed by atoms with Gasteiger partial charge < -0.3 is 5.32 Å². The molecule has 1 aromatic rings. The Morgan fingerprint density at radius 2 is 2.12 bits per heavy atom. The topological polar surface area (TPSA) is 29.1 Å². The van der Waals surface area contributed by atoms with Crippen LogP contribution < -0.4 is 5.32 Å². The maximum Gasteiger partial charge on any atom is 0.237 e. The van der Waals surface area contributed by atoms with Crippen molar-refractivity contribution in [2.45, 2.75) is 38.6 Å². The predicted molar refractivity (Wildman–Crippen MR) is 67.8 cm³/mol. The minimum atomic E-state index is -0.472. The summed E-state index contributed by atoms with van der Waals surface area (Å²) in [7, 11) is 0. The van der Waals surface area contributed by atoms with Crippen LogP contribution >= 0.6 is 11.6 Å². The van der Waals surface area contributed by atoms with Crippen LogP contribution in [0.4, 0.5) is 0 Å². The molecule has 1 N–H and O–H groups in total. The van der Waals surface area contributed by atoms with E-state index in [1.807, 2.05) is 13.0 Å². The second-order valence-corrected chi connectivity index (χ2v) is 4.87. The van der Waals surface area contributed by atoms with E-state index in [4.69, 9.17) is 11.6 Å². The quantitative estimate of drug-likeness (QED) is 0.805. The Morgan fingerprint density at radius 3 is 2.69 bits per heavy atom. The summed E-state index contributed by atoms with van der Waals surface area (Å²) in [6.07, 6.45) is 0.830. The zero-order valence-corrected chi connectivity index (χ0v) is 10.7. The molecule has 88 valence electrons. The summed E-state index contributed by atoms with van der Waals surface area (Å²) in [5.74, 6) is -0.109. The molecule has 0 heterocycles. The fourth-order valence-electron chi connectivity index (χ4n) is 1.60. The number of carbonyl (C=O) groups is 1. The van der Waals surface area contributed by atoms with Crippen molar-refractivity contribution in [1.82, 2.24) is 5.32 Å². The van der Waals surface area contributed by atoms with Gasteiger partial charge in [-0.3, -0.25) is 4.79 Å². The van der Waals surface area contributed by atoms with Crippen LogP contribution in [0.3, 0.4) is 0 Å². The summed E-state index contributed by atoms with van der Waals surface area (Å²) in [5.41, 5.74) is 2.47. The Bertz CT molecular complexity index is 363. The van der Waals surface area contributed by atoms with Gasteiger partial charge >= 0.3 is 0 Å². The highest BCUT2D eigenvalue weighted by atomic mass is 35.5. The first kappa shape index (κ1) is 13.0. The van der Waals surface area contributed by atoms with Crippen molar-refractivity contribution in [1.29, 1.82) is 0 Å². The lowest BCUT2D eigenvalue weighted by Crippen LogP contribution is -2.38. The van der Waals surface area contributed by atoms with Crippen LogP contribution in [-0.2, 0) is 11.2 Å². The van der Waals surface area contributed by atoms with Crippen molar-refractivity contribution in [3.63, 3.8) is 0 Å². The van der Waals surface area contributed by atoms with Crippen molar-refractivity contribution in [3.05, 3.63) is 35.4 Å². The van der Waals surface area contributed by atoms with Gasteiger partial charge in [-0.05, 0) is 32.8 Å². The molecule has 2 atom stereocenters. The lowest BCUT2D eigenvalue weighted by atomic mass is 10.0. The number of alkyl halides is 1. The molecule has 0 saturated carbocycles. The molecule has 0 spiro atoms. The highest BCUT2D eigenvalue weighted by molar-refractivity contribution is 6.30. The predicted octanol–water partition coefficient (Wildman–Crippen LogP) is 2.67. The van der Waals surface area contributed by atoms with E-state index in [0.717, 1.165) is 6.42 Å². The van der Waals surface area contributed by atoms with Gasteiger partial charge in [0.25, 0.3) is 0 Å². The molecule has 16 heavy (non-hydrogen) atoms. The van der Waals surface area contributed by atoms with Gasteiger partial charge in [0, 0.05) is 6.04 Å². The van der Waals surface area contributed by atoms with E-state index in [0.29, 0.717) is 0 Å². The molecular weight excluding hydrogens is 222 g/mol. The smallest absolute Gasteiger partial charge is 0.237 e. The molecular formula is C13H18ClNO. The average molecular weight is 240 g/mol. The van der Waals surface area contributed by atoms with E-state index in [1.54, 1.807) is 6.92 Å². The van der Waals surface area contributed by atoms with E-state index < -0.39 is 5.38 Å². The zero-order valence-electron chi connectivity index (χ0n) is 9.96. The number of amides is 1. The lowest BCUT2D eigenvalue weighted by molar-refractivity contribution is -0.121. The molecule has 0 aliphatic rings. The zero-order chi connectivity index (χ0) is 12.1. The number of hydrogen-bond acceptors (Lipinski definition) is 1. The van der Waals surface area contributed by atoms with Crippen molar-refractivity contribution in [3.8, 4) is 0 Å². The second kappa shape index (κ2) is 5.90. The summed E-state index contributed by atoms with van der Waals surface area (Å²) in [6, 6.07) is 8.40. The number of carbonyl (C=O) groups excluding carboxylic acids is 1. The Labute approximate surface area is 102 Å². The van der Waals surface area contributed by atoms with Gasteiger partial charge in [-0.15, -0.1) is 11.6 Å². The number of aryl methyl sites for hydroxylation is 1. The summed E-state index contributed by atoms with van der Waals surface area (Å²) >= 11 is 5.69. The molecule has 0 aromatic heterocycles. The summed E-state index contributed by atoms with van der Waals surface area (Å²) in [5, 5.41) is 2.40. The largest absolute Gasteiger partial charge is 0.352 e. The third kappa shape index (κ3) is 4.23. The number of nitrogens with one attached hydrogen (secondary N) is 1. The van der Waals surface area contributed by atoms with Crippen LogP contribution in [-0.4, -0.2) is 17.3 Å². The SMILES string of the molecule is Cc1cccc(CC(C)NC(=O)C(C)Cl)c1. The first-order valence-corrected chi connectivity index (χ1v) is 5.92. The number of hydrogen-bond donors (Lipinski definition) is 1. The maximum absolute atomic E-state index is 11.4. The lowest BCUT2D eigenvalue weighted by Gasteiger charge is -2.15. The van der Waals surface area contributed by atoms with Crippen molar-refractivity contribution in [2.75, 3.05) is 0 Å². The Balaban J connectivity index is 2.51. The fraction of sp³-hybridized carbons (Fsp3) is 0.462. The molecule has 0 bridgehead atoms. The minimum absolute atomic E-state index is 0.107. The van der Waals surface area contributed by atoms with Crippen LogP contribution in [0.25, 0.3) is 0 Å². The molecule has 1 aromatic carbocycles. The normalized spacial score (nSPS) is 14.2. The molecule has 0 aliphatic heterocycles. The van der Waals surface area contributed by atoms with Gasteiger partial charge in [-0.25, -0.2) is 0 Å². The highest BCUT2D eigenvalue weighted by Gasteiger charge is 2.12. The van der Waals surface area contributed by atoms with E-state index in [9.17, 15) is 4.79 Å². The Hall–Kier alpha value is -1.02.